The number of nitrogens with one attached hydrogen (secondary N) is 1. The van der Waals surface area contributed by atoms with E-state index in [0.29, 0.717) is 0 Å². The zero-order valence-electron chi connectivity index (χ0n) is 12.6. The van der Waals surface area contributed by atoms with Crippen LogP contribution in [0.25, 0.3) is 11.8 Å². The van der Waals surface area contributed by atoms with Crippen molar-refractivity contribution >= 4 is 29.5 Å². The van der Waals surface area contributed by atoms with Gasteiger partial charge in [0, 0.05) is 16.2 Å². The minimum atomic E-state index is -0.311. The molecule has 0 saturated carbocycles. The highest BCUT2D eigenvalue weighted by molar-refractivity contribution is 7.99. The van der Waals surface area contributed by atoms with Crippen molar-refractivity contribution in [2.24, 2.45) is 0 Å². The second kappa shape index (κ2) is 7.70. The minimum absolute atomic E-state index is 0.228. The lowest BCUT2D eigenvalue weighted by Gasteiger charge is -2.17. The van der Waals surface area contributed by atoms with Gasteiger partial charge in [0.1, 0.15) is 0 Å². The highest BCUT2D eigenvalue weighted by Gasteiger charge is 2.13. The number of benzene rings is 2. The molecule has 1 heterocycles. The third kappa shape index (κ3) is 4.27. The van der Waals surface area contributed by atoms with Crippen LogP contribution in [-0.4, -0.2) is 11.7 Å². The van der Waals surface area contributed by atoms with Crippen molar-refractivity contribution in [1.29, 1.82) is 0 Å². The van der Waals surface area contributed by atoms with Gasteiger partial charge in [-0.3, -0.25) is 0 Å². The largest absolute Gasteiger partial charge is 0.343 e. The second-order valence-corrected chi connectivity index (χ2v) is 6.08. The van der Waals surface area contributed by atoms with Crippen molar-refractivity contribution < 1.29 is 9.63 Å². The highest BCUT2D eigenvalue weighted by Crippen LogP contribution is 2.31. The van der Waals surface area contributed by atoms with Crippen LogP contribution in [0.5, 0.6) is 0 Å². The third-order valence-corrected chi connectivity index (χ3v) is 4.37. The normalized spacial score (nSPS) is 13.3. The molecule has 3 nitrogen and oxygen atoms in total. The number of hydrogen-bond acceptors (Lipinski definition) is 4. The second-order valence-electron chi connectivity index (χ2n) is 5.02. The molecule has 0 saturated heterocycles. The number of fused-ring (bicyclic) bond motifs is 1. The van der Waals surface area contributed by atoms with E-state index in [0.717, 1.165) is 22.6 Å². The minimum Gasteiger partial charge on any atom is -0.343 e. The number of hydrogen-bond donors (Lipinski definition) is 1. The molecule has 0 amide bonds. The average molecular weight is 323 g/mol. The summed E-state index contributed by atoms with van der Waals surface area (Å²) < 4.78 is 0. The average Bonchev–Trinajstić information content (AvgIpc) is 2.61. The first-order valence-electron chi connectivity index (χ1n) is 7.42. The predicted octanol–water partition coefficient (Wildman–Crippen LogP) is 4.28. The summed E-state index contributed by atoms with van der Waals surface area (Å²) in [6.07, 6.45) is 5.97. The molecule has 0 aromatic heterocycles. The molecular weight excluding hydrogens is 306 g/mol. The monoisotopic (exact) mass is 323 g/mol. The van der Waals surface area contributed by atoms with E-state index in [1.165, 1.54) is 4.90 Å². The Kier molecular flexibility index (Phi) is 5.17. The van der Waals surface area contributed by atoms with E-state index in [2.05, 4.69) is 11.5 Å². The Morgan fingerprint density at radius 3 is 2.78 bits per heavy atom. The van der Waals surface area contributed by atoms with Crippen LogP contribution >= 0.6 is 11.8 Å². The van der Waals surface area contributed by atoms with Crippen LogP contribution in [0, 0.1) is 0 Å². The van der Waals surface area contributed by atoms with Gasteiger partial charge in [0.2, 0.25) is 0 Å². The first-order valence-corrected chi connectivity index (χ1v) is 8.41. The number of carbonyl (C=O) groups excluding carboxylic acids is 1. The molecule has 1 aliphatic rings. The maximum Gasteiger partial charge on any atom is 0.335 e. The number of rotatable bonds is 5. The maximum atomic E-state index is 11.8. The lowest BCUT2D eigenvalue weighted by Crippen LogP contribution is -2.19. The highest BCUT2D eigenvalue weighted by atomic mass is 32.2. The predicted molar refractivity (Wildman–Crippen MR) is 94.5 cm³/mol. The molecule has 1 aliphatic heterocycles. The lowest BCUT2D eigenvalue weighted by molar-refractivity contribution is -0.147. The van der Waals surface area contributed by atoms with Crippen LogP contribution in [-0.2, 0) is 9.63 Å². The molecule has 2 aromatic carbocycles. The standard InChI is InChI=1S/C19H17NO2S/c21-19(12-6-9-15-7-2-1-3-8-15)22-20-17-13-14-23-18-11-5-4-10-16(17)18/h1-11,13,20H,12,14H2. The maximum absolute atomic E-state index is 11.8. The summed E-state index contributed by atoms with van der Waals surface area (Å²) in [5.41, 5.74) is 5.77. The third-order valence-electron chi connectivity index (χ3n) is 3.37. The van der Waals surface area contributed by atoms with Crippen LogP contribution in [0.2, 0.25) is 0 Å². The summed E-state index contributed by atoms with van der Waals surface area (Å²) in [5.74, 6) is 0.555. The summed E-state index contributed by atoms with van der Waals surface area (Å²) in [4.78, 5) is 18.2. The molecule has 0 spiro atoms. The zero-order chi connectivity index (χ0) is 15.9. The molecule has 116 valence electrons. The van der Waals surface area contributed by atoms with E-state index in [4.69, 9.17) is 4.84 Å². The van der Waals surface area contributed by atoms with Gasteiger partial charge >= 0.3 is 5.97 Å². The van der Waals surface area contributed by atoms with Gasteiger partial charge in [-0.15, -0.1) is 11.8 Å². The fourth-order valence-electron chi connectivity index (χ4n) is 2.25. The Hall–Kier alpha value is -2.46. The van der Waals surface area contributed by atoms with Gasteiger partial charge < -0.3 is 4.84 Å². The number of hydroxylamine groups is 1. The molecule has 23 heavy (non-hydrogen) atoms. The van der Waals surface area contributed by atoms with E-state index in [1.54, 1.807) is 17.8 Å². The Balaban J connectivity index is 1.52. The molecule has 2 aromatic rings. The molecule has 3 rings (SSSR count). The summed E-state index contributed by atoms with van der Waals surface area (Å²) in [7, 11) is 0. The van der Waals surface area contributed by atoms with E-state index >= 15 is 0 Å². The topological polar surface area (TPSA) is 38.3 Å². The van der Waals surface area contributed by atoms with Gasteiger partial charge in [-0.1, -0.05) is 60.7 Å². The molecule has 1 N–H and O–H groups in total. The first-order chi connectivity index (χ1) is 11.3. The van der Waals surface area contributed by atoms with E-state index in [9.17, 15) is 4.79 Å². The fraction of sp³-hybridized carbons (Fsp3) is 0.105. The lowest BCUT2D eigenvalue weighted by atomic mass is 10.1. The Labute approximate surface area is 140 Å². The van der Waals surface area contributed by atoms with E-state index in [1.807, 2.05) is 60.7 Å². The van der Waals surface area contributed by atoms with Crippen molar-refractivity contribution in [3.8, 4) is 0 Å². The Morgan fingerprint density at radius 2 is 1.91 bits per heavy atom. The van der Waals surface area contributed by atoms with Crippen molar-refractivity contribution in [3.05, 3.63) is 77.9 Å². The molecule has 4 heteroatoms. The van der Waals surface area contributed by atoms with Gasteiger partial charge in [0.25, 0.3) is 0 Å². The Morgan fingerprint density at radius 1 is 1.13 bits per heavy atom. The van der Waals surface area contributed by atoms with Crippen LogP contribution in [0.4, 0.5) is 0 Å². The first kappa shape index (κ1) is 15.4. The zero-order valence-corrected chi connectivity index (χ0v) is 13.4. The summed E-state index contributed by atoms with van der Waals surface area (Å²) in [6, 6.07) is 17.9. The van der Waals surface area contributed by atoms with Crippen molar-refractivity contribution in [2.45, 2.75) is 11.3 Å². The molecule has 0 unspecified atom stereocenters. The summed E-state index contributed by atoms with van der Waals surface area (Å²) >= 11 is 1.77. The smallest absolute Gasteiger partial charge is 0.335 e. The SMILES string of the molecule is O=C(CC=Cc1ccccc1)ONC1=CCSc2ccccc21. The fourth-order valence-corrected chi connectivity index (χ4v) is 3.18. The van der Waals surface area contributed by atoms with Crippen molar-refractivity contribution in [1.82, 2.24) is 5.48 Å². The van der Waals surface area contributed by atoms with Crippen LogP contribution < -0.4 is 5.48 Å². The molecular formula is C19H17NO2S. The van der Waals surface area contributed by atoms with Gasteiger partial charge in [0.15, 0.2) is 0 Å². The molecule has 0 radical (unpaired) electrons. The van der Waals surface area contributed by atoms with Gasteiger partial charge in [-0.05, 0) is 17.7 Å². The van der Waals surface area contributed by atoms with Gasteiger partial charge in [-0.25, -0.2) is 10.3 Å². The van der Waals surface area contributed by atoms with Crippen LogP contribution in [0.15, 0.2) is 71.6 Å². The summed E-state index contributed by atoms with van der Waals surface area (Å²) in [6.45, 7) is 0. The van der Waals surface area contributed by atoms with Gasteiger partial charge in [-0.2, -0.15) is 0 Å². The van der Waals surface area contributed by atoms with E-state index < -0.39 is 0 Å². The number of thioether (sulfide) groups is 1. The Bertz CT molecular complexity index is 738. The van der Waals surface area contributed by atoms with Gasteiger partial charge in [0.05, 0.1) is 12.1 Å². The summed E-state index contributed by atoms with van der Waals surface area (Å²) in [5, 5.41) is 0. The molecule has 0 fully saturated rings. The van der Waals surface area contributed by atoms with E-state index in [-0.39, 0.29) is 12.4 Å². The van der Waals surface area contributed by atoms with Crippen LogP contribution in [0.3, 0.4) is 0 Å². The van der Waals surface area contributed by atoms with Crippen LogP contribution in [0.1, 0.15) is 17.5 Å². The molecule has 0 aliphatic carbocycles. The quantitative estimate of drug-likeness (QED) is 0.833. The van der Waals surface area contributed by atoms with Crippen molar-refractivity contribution in [2.75, 3.05) is 5.75 Å². The molecule has 0 bridgehead atoms. The van der Waals surface area contributed by atoms with Crippen molar-refractivity contribution in [3.63, 3.8) is 0 Å². The molecule has 0 atom stereocenters. The number of carbonyl (C=O) groups is 1.